The molecule has 3 N–H and O–H groups in total. The van der Waals surface area contributed by atoms with Gasteiger partial charge >= 0.3 is 9.28 Å². The molecular formula is C7H19NO2Si. The number of rotatable bonds is 6. The van der Waals surface area contributed by atoms with E-state index >= 15 is 0 Å². The van der Waals surface area contributed by atoms with Crippen molar-refractivity contribution in [2.24, 2.45) is 0 Å². The average molecular weight is 177 g/mol. The van der Waals surface area contributed by atoms with Crippen molar-refractivity contribution in [1.29, 1.82) is 0 Å². The monoisotopic (exact) mass is 177 g/mol. The predicted molar refractivity (Wildman–Crippen MR) is 48.8 cm³/mol. The molecule has 0 heterocycles. The standard InChI is InChI=1S/C7H19NO2Si/c1-3-4-5-8-6-7(2)11(9)10/h7-11H,3-6H2,1-2H3. The van der Waals surface area contributed by atoms with E-state index in [1.807, 2.05) is 6.92 Å². The van der Waals surface area contributed by atoms with Crippen LogP contribution in [0.5, 0.6) is 0 Å². The van der Waals surface area contributed by atoms with Crippen LogP contribution in [-0.4, -0.2) is 32.0 Å². The zero-order valence-corrected chi connectivity index (χ0v) is 8.53. The molecule has 11 heavy (non-hydrogen) atoms. The number of hydrogen-bond acceptors (Lipinski definition) is 3. The van der Waals surface area contributed by atoms with E-state index in [9.17, 15) is 0 Å². The molecule has 4 heteroatoms. The first-order valence-corrected chi connectivity index (χ1v) is 5.95. The summed E-state index contributed by atoms with van der Waals surface area (Å²) in [6, 6.07) is 0. The highest BCUT2D eigenvalue weighted by atomic mass is 28.3. The highest BCUT2D eigenvalue weighted by molar-refractivity contribution is 6.43. The van der Waals surface area contributed by atoms with Crippen molar-refractivity contribution in [3.8, 4) is 0 Å². The van der Waals surface area contributed by atoms with Crippen LogP contribution in [0.15, 0.2) is 0 Å². The van der Waals surface area contributed by atoms with Crippen LogP contribution >= 0.6 is 0 Å². The van der Waals surface area contributed by atoms with Gasteiger partial charge in [0.2, 0.25) is 0 Å². The zero-order chi connectivity index (χ0) is 8.69. The Morgan fingerprint density at radius 1 is 1.45 bits per heavy atom. The van der Waals surface area contributed by atoms with E-state index in [0.717, 1.165) is 19.5 Å². The maximum Gasteiger partial charge on any atom is 0.320 e. The summed E-state index contributed by atoms with van der Waals surface area (Å²) < 4.78 is 0. The molecule has 1 unspecified atom stereocenters. The molecule has 0 aliphatic heterocycles. The second-order valence-electron chi connectivity index (χ2n) is 2.95. The summed E-state index contributed by atoms with van der Waals surface area (Å²) in [4.78, 5) is 17.7. The van der Waals surface area contributed by atoms with Crippen LogP contribution in [0.4, 0.5) is 0 Å². The molecule has 0 aromatic carbocycles. The van der Waals surface area contributed by atoms with Gasteiger partial charge in [0.15, 0.2) is 0 Å². The average Bonchev–Trinajstić information content (AvgIpc) is 1.97. The van der Waals surface area contributed by atoms with Gasteiger partial charge in [0.05, 0.1) is 0 Å². The third-order valence-electron chi connectivity index (χ3n) is 1.68. The second kappa shape index (κ2) is 6.79. The fourth-order valence-electron chi connectivity index (χ4n) is 0.737. The maximum atomic E-state index is 8.83. The summed E-state index contributed by atoms with van der Waals surface area (Å²) in [5, 5.41) is 3.18. The molecule has 0 saturated carbocycles. The SMILES string of the molecule is CCCCNCC(C)[SiH](O)O. The Morgan fingerprint density at radius 2 is 2.09 bits per heavy atom. The molecule has 0 amide bonds. The first-order chi connectivity index (χ1) is 5.18. The van der Waals surface area contributed by atoms with Gasteiger partial charge in [0, 0.05) is 5.54 Å². The lowest BCUT2D eigenvalue weighted by Crippen LogP contribution is -2.29. The number of hydrogen-bond donors (Lipinski definition) is 3. The summed E-state index contributed by atoms with van der Waals surface area (Å²) in [5.41, 5.74) is 0.0619. The minimum absolute atomic E-state index is 0.0619. The van der Waals surface area contributed by atoms with Crippen LogP contribution in [0, 0.1) is 0 Å². The van der Waals surface area contributed by atoms with Crippen molar-refractivity contribution in [3.63, 3.8) is 0 Å². The normalized spacial score (nSPS) is 13.9. The number of unbranched alkanes of at least 4 members (excludes halogenated alkanes) is 1. The molecule has 68 valence electrons. The molecule has 0 saturated heterocycles. The van der Waals surface area contributed by atoms with Gasteiger partial charge in [-0.25, -0.2) is 0 Å². The fourth-order valence-corrected chi connectivity index (χ4v) is 1.11. The quantitative estimate of drug-likeness (QED) is 0.394. The van der Waals surface area contributed by atoms with Crippen molar-refractivity contribution >= 4 is 9.28 Å². The van der Waals surface area contributed by atoms with Gasteiger partial charge in [-0.2, -0.15) is 0 Å². The van der Waals surface area contributed by atoms with Crippen LogP contribution in [0.1, 0.15) is 26.7 Å². The molecule has 0 aromatic rings. The Kier molecular flexibility index (Phi) is 6.85. The fraction of sp³-hybridized carbons (Fsp3) is 1.00. The smallest absolute Gasteiger partial charge is 0.320 e. The van der Waals surface area contributed by atoms with Crippen molar-refractivity contribution in [3.05, 3.63) is 0 Å². The Hall–Kier alpha value is 0.0969. The van der Waals surface area contributed by atoms with E-state index < -0.39 is 9.28 Å². The minimum Gasteiger partial charge on any atom is -0.413 e. The first kappa shape index (κ1) is 11.1. The lowest BCUT2D eigenvalue weighted by atomic mass is 10.3. The molecule has 0 fully saturated rings. The van der Waals surface area contributed by atoms with Crippen LogP contribution in [0.3, 0.4) is 0 Å². The molecule has 0 aliphatic carbocycles. The van der Waals surface area contributed by atoms with Crippen LogP contribution < -0.4 is 5.32 Å². The molecule has 3 nitrogen and oxygen atoms in total. The van der Waals surface area contributed by atoms with Crippen molar-refractivity contribution in [2.45, 2.75) is 32.2 Å². The summed E-state index contributed by atoms with van der Waals surface area (Å²) in [6.07, 6.45) is 2.34. The Bertz CT molecular complexity index is 90.5. The third kappa shape index (κ3) is 6.49. The van der Waals surface area contributed by atoms with Gasteiger partial charge in [0.1, 0.15) is 0 Å². The highest BCUT2D eigenvalue weighted by Crippen LogP contribution is 2.01. The van der Waals surface area contributed by atoms with Gasteiger partial charge in [-0.3, -0.25) is 0 Å². The molecule has 0 spiro atoms. The number of nitrogens with one attached hydrogen (secondary N) is 1. The molecule has 0 radical (unpaired) electrons. The molecule has 0 rings (SSSR count). The molecule has 1 atom stereocenters. The van der Waals surface area contributed by atoms with E-state index in [-0.39, 0.29) is 5.54 Å². The molecule has 0 bridgehead atoms. The van der Waals surface area contributed by atoms with Crippen LogP contribution in [0.2, 0.25) is 5.54 Å². The highest BCUT2D eigenvalue weighted by Gasteiger charge is 2.12. The van der Waals surface area contributed by atoms with Gasteiger partial charge in [-0.05, 0) is 19.5 Å². The van der Waals surface area contributed by atoms with E-state index in [2.05, 4.69) is 12.2 Å². The van der Waals surface area contributed by atoms with E-state index in [1.54, 1.807) is 0 Å². The van der Waals surface area contributed by atoms with E-state index in [1.165, 1.54) is 6.42 Å². The van der Waals surface area contributed by atoms with Gasteiger partial charge in [0.25, 0.3) is 0 Å². The van der Waals surface area contributed by atoms with Crippen molar-refractivity contribution in [1.82, 2.24) is 5.32 Å². The topological polar surface area (TPSA) is 52.5 Å². The zero-order valence-electron chi connectivity index (χ0n) is 7.38. The second-order valence-corrected chi connectivity index (χ2v) is 4.91. The maximum absolute atomic E-state index is 8.83. The van der Waals surface area contributed by atoms with Crippen LogP contribution in [0.25, 0.3) is 0 Å². The first-order valence-electron chi connectivity index (χ1n) is 4.25. The summed E-state index contributed by atoms with van der Waals surface area (Å²) in [6.45, 7) is 5.74. The third-order valence-corrected chi connectivity index (χ3v) is 2.94. The van der Waals surface area contributed by atoms with Crippen LogP contribution in [-0.2, 0) is 0 Å². The summed E-state index contributed by atoms with van der Waals surface area (Å²) >= 11 is 0. The lowest BCUT2D eigenvalue weighted by Gasteiger charge is -2.11. The molecule has 0 aliphatic rings. The lowest BCUT2D eigenvalue weighted by molar-refractivity contribution is 0.384. The van der Waals surface area contributed by atoms with E-state index in [0.29, 0.717) is 0 Å². The van der Waals surface area contributed by atoms with Gasteiger partial charge in [-0.1, -0.05) is 20.3 Å². The van der Waals surface area contributed by atoms with E-state index in [4.69, 9.17) is 9.59 Å². The van der Waals surface area contributed by atoms with Gasteiger partial charge < -0.3 is 14.9 Å². The summed E-state index contributed by atoms with van der Waals surface area (Å²) in [5.74, 6) is 0. The van der Waals surface area contributed by atoms with Crippen molar-refractivity contribution in [2.75, 3.05) is 13.1 Å². The van der Waals surface area contributed by atoms with Gasteiger partial charge in [-0.15, -0.1) is 0 Å². The molecular weight excluding hydrogens is 158 g/mol. The van der Waals surface area contributed by atoms with Crippen molar-refractivity contribution < 1.29 is 9.59 Å². The Labute approximate surface area is 70.3 Å². The predicted octanol–water partition coefficient (Wildman–Crippen LogP) is -0.0287. The summed E-state index contributed by atoms with van der Waals surface area (Å²) in [7, 11) is -2.38. The largest absolute Gasteiger partial charge is 0.413 e. The Morgan fingerprint density at radius 3 is 2.55 bits per heavy atom. The Balaban J connectivity index is 3.10. The minimum atomic E-state index is -2.38. The molecule has 0 aromatic heterocycles.